The molecule has 0 heterocycles. The van der Waals surface area contributed by atoms with E-state index in [1.165, 1.54) is 31.2 Å². The van der Waals surface area contributed by atoms with Crippen molar-refractivity contribution in [1.29, 1.82) is 0 Å². The van der Waals surface area contributed by atoms with E-state index in [0.717, 1.165) is 18.9 Å². The Morgan fingerprint density at radius 2 is 2.05 bits per heavy atom. The fraction of sp³-hybridized carbons (Fsp3) is 0.529. The monoisotopic (exact) mass is 259 g/mol. The molecule has 0 bridgehead atoms. The van der Waals surface area contributed by atoms with Gasteiger partial charge in [0.2, 0.25) is 0 Å². The van der Waals surface area contributed by atoms with Crippen LogP contribution >= 0.6 is 0 Å². The molecule has 104 valence electrons. The molecule has 0 fully saturated rings. The average Bonchev–Trinajstić information content (AvgIpc) is 2.93. The molecular formula is C17H25NO. The van der Waals surface area contributed by atoms with Crippen LogP contribution in [-0.4, -0.2) is 13.2 Å². The molecule has 2 rings (SSSR count). The molecule has 0 aromatic heterocycles. The Morgan fingerprint density at radius 3 is 2.68 bits per heavy atom. The fourth-order valence-electron chi connectivity index (χ4n) is 2.55. The van der Waals surface area contributed by atoms with Gasteiger partial charge in [-0.2, -0.15) is 0 Å². The predicted molar refractivity (Wildman–Crippen MR) is 80.6 cm³/mol. The summed E-state index contributed by atoms with van der Waals surface area (Å²) in [6.45, 7) is 6.02. The summed E-state index contributed by atoms with van der Waals surface area (Å²) >= 11 is 0. The van der Waals surface area contributed by atoms with E-state index in [2.05, 4.69) is 42.6 Å². The van der Waals surface area contributed by atoms with Gasteiger partial charge in [0, 0.05) is 6.04 Å². The second kappa shape index (κ2) is 7.34. The molecule has 0 radical (unpaired) electrons. The van der Waals surface area contributed by atoms with Crippen molar-refractivity contribution in [2.45, 2.75) is 45.6 Å². The lowest BCUT2D eigenvalue weighted by atomic mass is 10.1. The summed E-state index contributed by atoms with van der Waals surface area (Å²) < 4.78 is 5.46. The minimum Gasteiger partial charge on any atom is -0.494 e. The maximum atomic E-state index is 5.46. The van der Waals surface area contributed by atoms with Gasteiger partial charge in [-0.15, -0.1) is 0 Å². The van der Waals surface area contributed by atoms with Crippen molar-refractivity contribution in [1.82, 2.24) is 5.32 Å². The number of allylic oxidation sites excluding steroid dienone is 1. The molecule has 1 atom stereocenters. The average molecular weight is 259 g/mol. The molecule has 1 aromatic rings. The summed E-state index contributed by atoms with van der Waals surface area (Å²) in [7, 11) is 0. The summed E-state index contributed by atoms with van der Waals surface area (Å²) in [6, 6.07) is 8.81. The van der Waals surface area contributed by atoms with Crippen LogP contribution in [0, 0.1) is 0 Å². The molecule has 1 aromatic carbocycles. The lowest BCUT2D eigenvalue weighted by Crippen LogP contribution is -2.20. The van der Waals surface area contributed by atoms with Crippen LogP contribution in [0.2, 0.25) is 0 Å². The molecule has 0 aliphatic heterocycles. The molecule has 1 unspecified atom stereocenters. The summed E-state index contributed by atoms with van der Waals surface area (Å²) in [5, 5.41) is 3.60. The number of nitrogens with one attached hydrogen (secondary N) is 1. The van der Waals surface area contributed by atoms with E-state index in [0.29, 0.717) is 6.04 Å². The van der Waals surface area contributed by atoms with Crippen LogP contribution in [0.1, 0.15) is 51.1 Å². The molecule has 0 saturated carbocycles. The zero-order chi connectivity index (χ0) is 13.5. The minimum absolute atomic E-state index is 0.401. The highest BCUT2D eigenvalue weighted by molar-refractivity contribution is 5.28. The van der Waals surface area contributed by atoms with Crippen molar-refractivity contribution < 1.29 is 4.74 Å². The van der Waals surface area contributed by atoms with E-state index in [-0.39, 0.29) is 0 Å². The van der Waals surface area contributed by atoms with Gasteiger partial charge in [0.05, 0.1) is 6.61 Å². The van der Waals surface area contributed by atoms with E-state index in [4.69, 9.17) is 4.74 Å². The molecular weight excluding hydrogens is 234 g/mol. The normalized spacial score (nSPS) is 16.2. The third kappa shape index (κ3) is 4.39. The van der Waals surface area contributed by atoms with Crippen LogP contribution < -0.4 is 10.1 Å². The van der Waals surface area contributed by atoms with Gasteiger partial charge in [-0.3, -0.25) is 0 Å². The van der Waals surface area contributed by atoms with Crippen LogP contribution in [0.25, 0.3) is 0 Å². The Hall–Kier alpha value is -1.28. The Labute approximate surface area is 116 Å². The first kappa shape index (κ1) is 14.1. The Bertz CT molecular complexity index is 408. The second-order valence-electron chi connectivity index (χ2n) is 5.18. The molecule has 0 spiro atoms. The van der Waals surface area contributed by atoms with E-state index >= 15 is 0 Å². The Kier molecular flexibility index (Phi) is 5.46. The van der Waals surface area contributed by atoms with Crippen molar-refractivity contribution >= 4 is 0 Å². The number of hydrogen-bond donors (Lipinski definition) is 1. The summed E-state index contributed by atoms with van der Waals surface area (Å²) in [5.41, 5.74) is 2.95. The first-order valence-corrected chi connectivity index (χ1v) is 7.43. The van der Waals surface area contributed by atoms with Crippen LogP contribution in [0.3, 0.4) is 0 Å². The van der Waals surface area contributed by atoms with Crippen molar-refractivity contribution in [3.05, 3.63) is 41.5 Å². The second-order valence-corrected chi connectivity index (χ2v) is 5.18. The standard InChI is InChI=1S/C17H25NO/c1-3-19-17-10-8-16(9-11-17)14(2)18-13-12-15-6-4-5-7-15/h6,8-11,14,18H,3-5,7,12-13H2,1-2H3. The van der Waals surface area contributed by atoms with Crippen LogP contribution in [0.5, 0.6) is 5.75 Å². The van der Waals surface area contributed by atoms with Gasteiger partial charge in [-0.1, -0.05) is 23.8 Å². The highest BCUT2D eigenvalue weighted by atomic mass is 16.5. The van der Waals surface area contributed by atoms with Gasteiger partial charge in [-0.25, -0.2) is 0 Å². The molecule has 1 N–H and O–H groups in total. The van der Waals surface area contributed by atoms with Crippen LogP contribution in [-0.2, 0) is 0 Å². The SMILES string of the molecule is CCOc1ccc(C(C)NCCC2=CCCC2)cc1. The quantitative estimate of drug-likeness (QED) is 0.740. The lowest BCUT2D eigenvalue weighted by molar-refractivity contribution is 0.340. The molecule has 0 saturated heterocycles. The number of hydrogen-bond acceptors (Lipinski definition) is 2. The first-order chi connectivity index (χ1) is 9.29. The van der Waals surface area contributed by atoms with E-state index < -0.39 is 0 Å². The maximum absolute atomic E-state index is 5.46. The van der Waals surface area contributed by atoms with Crippen LogP contribution in [0.15, 0.2) is 35.9 Å². The summed E-state index contributed by atoms with van der Waals surface area (Å²) in [5.74, 6) is 0.953. The van der Waals surface area contributed by atoms with Crippen molar-refractivity contribution in [3.8, 4) is 5.75 Å². The summed E-state index contributed by atoms with van der Waals surface area (Å²) in [4.78, 5) is 0. The molecule has 1 aliphatic carbocycles. The lowest BCUT2D eigenvalue weighted by Gasteiger charge is -2.15. The van der Waals surface area contributed by atoms with Gasteiger partial charge >= 0.3 is 0 Å². The van der Waals surface area contributed by atoms with E-state index in [1.54, 1.807) is 5.57 Å². The largest absolute Gasteiger partial charge is 0.494 e. The van der Waals surface area contributed by atoms with Gasteiger partial charge in [0.1, 0.15) is 5.75 Å². The smallest absolute Gasteiger partial charge is 0.119 e. The maximum Gasteiger partial charge on any atom is 0.119 e. The van der Waals surface area contributed by atoms with Gasteiger partial charge < -0.3 is 10.1 Å². The Balaban J connectivity index is 1.76. The van der Waals surface area contributed by atoms with Crippen molar-refractivity contribution in [2.24, 2.45) is 0 Å². The first-order valence-electron chi connectivity index (χ1n) is 7.43. The minimum atomic E-state index is 0.401. The number of benzene rings is 1. The highest BCUT2D eigenvalue weighted by Crippen LogP contribution is 2.21. The van der Waals surface area contributed by atoms with E-state index in [1.807, 2.05) is 6.92 Å². The van der Waals surface area contributed by atoms with Crippen LogP contribution in [0.4, 0.5) is 0 Å². The zero-order valence-corrected chi connectivity index (χ0v) is 12.1. The zero-order valence-electron chi connectivity index (χ0n) is 12.1. The highest BCUT2D eigenvalue weighted by Gasteiger charge is 2.07. The topological polar surface area (TPSA) is 21.3 Å². The van der Waals surface area contributed by atoms with Crippen molar-refractivity contribution in [2.75, 3.05) is 13.2 Å². The third-order valence-electron chi connectivity index (χ3n) is 3.72. The number of ether oxygens (including phenoxy) is 1. The molecule has 2 heteroatoms. The number of rotatable bonds is 7. The summed E-state index contributed by atoms with van der Waals surface area (Å²) in [6.07, 6.45) is 7.54. The molecule has 1 aliphatic rings. The molecule has 0 amide bonds. The van der Waals surface area contributed by atoms with Gasteiger partial charge in [-0.05, 0) is 63.8 Å². The third-order valence-corrected chi connectivity index (χ3v) is 3.72. The molecule has 2 nitrogen and oxygen atoms in total. The predicted octanol–water partition coefficient (Wildman–Crippen LogP) is 4.24. The fourth-order valence-corrected chi connectivity index (χ4v) is 2.55. The Morgan fingerprint density at radius 1 is 1.26 bits per heavy atom. The van der Waals surface area contributed by atoms with Gasteiger partial charge in [0.25, 0.3) is 0 Å². The van der Waals surface area contributed by atoms with Crippen molar-refractivity contribution in [3.63, 3.8) is 0 Å². The van der Waals surface area contributed by atoms with Gasteiger partial charge in [0.15, 0.2) is 0 Å². The van der Waals surface area contributed by atoms with E-state index in [9.17, 15) is 0 Å². The molecule has 19 heavy (non-hydrogen) atoms.